The first-order chi connectivity index (χ1) is 7.66. The molecule has 2 aromatic rings. The van der Waals surface area contributed by atoms with Crippen LogP contribution in [-0.2, 0) is 13.6 Å². The number of hydrogen-bond acceptors (Lipinski definition) is 2. The van der Waals surface area contributed by atoms with Crippen LogP contribution in [0.25, 0.3) is 0 Å². The molecule has 0 aliphatic carbocycles. The minimum absolute atomic E-state index is 0.776. The molecule has 1 N–H and O–H groups in total. The fraction of sp³-hybridized carbons (Fsp3) is 0.250. The van der Waals surface area contributed by atoms with Crippen LogP contribution in [-0.4, -0.2) is 9.55 Å². The Hall–Kier alpha value is -1.29. The second-order valence-corrected chi connectivity index (χ2v) is 4.69. The number of halogens is 1. The van der Waals surface area contributed by atoms with Crippen LogP contribution in [0, 0.1) is 6.92 Å². The van der Waals surface area contributed by atoms with E-state index >= 15 is 0 Å². The molecule has 0 fully saturated rings. The number of benzene rings is 1. The van der Waals surface area contributed by atoms with Gasteiger partial charge in [0.1, 0.15) is 0 Å². The first kappa shape index (κ1) is 11.2. The lowest BCUT2D eigenvalue weighted by Crippen LogP contribution is -2.04. The van der Waals surface area contributed by atoms with Gasteiger partial charge >= 0.3 is 0 Å². The summed E-state index contributed by atoms with van der Waals surface area (Å²) < 4.78 is 3.10. The first-order valence-electron chi connectivity index (χ1n) is 5.12. The zero-order chi connectivity index (χ0) is 11.5. The highest BCUT2D eigenvalue weighted by Gasteiger charge is 2.01. The third-order valence-electron chi connectivity index (χ3n) is 2.50. The molecule has 2 rings (SSSR count). The molecule has 0 amide bonds. The fourth-order valence-electron chi connectivity index (χ4n) is 1.50. The Morgan fingerprint density at radius 2 is 2.25 bits per heavy atom. The standard InChI is InChI=1S/C12H14BrN3/c1-9-3-4-12(11(13)5-9)15-7-10-6-14-8-16(10)2/h3-6,8,15H,7H2,1-2H3. The van der Waals surface area contributed by atoms with Gasteiger partial charge in [0.05, 0.1) is 18.6 Å². The molecule has 0 radical (unpaired) electrons. The zero-order valence-electron chi connectivity index (χ0n) is 9.37. The first-order valence-corrected chi connectivity index (χ1v) is 5.91. The Balaban J connectivity index is 2.08. The molecule has 3 nitrogen and oxygen atoms in total. The van der Waals surface area contributed by atoms with Gasteiger partial charge in [-0.3, -0.25) is 0 Å². The Bertz CT molecular complexity index is 491. The quantitative estimate of drug-likeness (QED) is 0.936. The second kappa shape index (κ2) is 4.70. The highest BCUT2D eigenvalue weighted by atomic mass is 79.9. The van der Waals surface area contributed by atoms with Crippen LogP contribution in [0.15, 0.2) is 35.2 Å². The van der Waals surface area contributed by atoms with E-state index in [4.69, 9.17) is 0 Å². The van der Waals surface area contributed by atoms with Crippen molar-refractivity contribution < 1.29 is 0 Å². The number of hydrogen-bond donors (Lipinski definition) is 1. The van der Waals surface area contributed by atoms with Gasteiger partial charge in [0.2, 0.25) is 0 Å². The molecule has 0 aliphatic rings. The van der Waals surface area contributed by atoms with Crippen molar-refractivity contribution in [3.05, 3.63) is 46.5 Å². The Kier molecular flexibility index (Phi) is 3.29. The van der Waals surface area contributed by atoms with E-state index in [2.05, 4.69) is 51.4 Å². The van der Waals surface area contributed by atoms with Crippen LogP contribution in [0.2, 0.25) is 0 Å². The maximum atomic E-state index is 4.08. The Morgan fingerprint density at radius 1 is 1.44 bits per heavy atom. The summed E-state index contributed by atoms with van der Waals surface area (Å²) in [5.41, 5.74) is 3.51. The molecule has 0 unspecified atom stereocenters. The van der Waals surface area contributed by atoms with Crippen molar-refractivity contribution in [3.63, 3.8) is 0 Å². The van der Waals surface area contributed by atoms with Gasteiger partial charge in [0.15, 0.2) is 0 Å². The average Bonchev–Trinajstić information content (AvgIpc) is 2.63. The average molecular weight is 280 g/mol. The predicted molar refractivity (Wildman–Crippen MR) is 69.4 cm³/mol. The molecule has 0 saturated heterocycles. The van der Waals surface area contributed by atoms with Crippen molar-refractivity contribution in [1.82, 2.24) is 9.55 Å². The molecule has 16 heavy (non-hydrogen) atoms. The molecule has 0 bridgehead atoms. The predicted octanol–water partition coefficient (Wildman–Crippen LogP) is 3.10. The highest BCUT2D eigenvalue weighted by molar-refractivity contribution is 9.10. The van der Waals surface area contributed by atoms with Gasteiger partial charge in [-0.05, 0) is 40.5 Å². The summed E-state index contributed by atoms with van der Waals surface area (Å²) in [6.45, 7) is 2.85. The molecule has 0 aliphatic heterocycles. The third kappa shape index (κ3) is 2.44. The van der Waals surface area contributed by atoms with Crippen LogP contribution < -0.4 is 5.32 Å². The van der Waals surface area contributed by atoms with E-state index in [1.165, 1.54) is 5.56 Å². The minimum Gasteiger partial charge on any atom is -0.378 e. The van der Waals surface area contributed by atoms with E-state index in [0.29, 0.717) is 0 Å². The number of nitrogens with one attached hydrogen (secondary N) is 1. The van der Waals surface area contributed by atoms with Gasteiger partial charge in [0.25, 0.3) is 0 Å². The molecule has 84 valence electrons. The smallest absolute Gasteiger partial charge is 0.0946 e. The molecule has 1 heterocycles. The number of aryl methyl sites for hydroxylation is 2. The van der Waals surface area contributed by atoms with Crippen molar-refractivity contribution >= 4 is 21.6 Å². The van der Waals surface area contributed by atoms with Gasteiger partial charge in [-0.1, -0.05) is 6.07 Å². The molecule has 0 spiro atoms. The van der Waals surface area contributed by atoms with Gasteiger partial charge < -0.3 is 9.88 Å². The van der Waals surface area contributed by atoms with E-state index in [1.807, 2.05) is 17.8 Å². The number of aromatic nitrogens is 2. The number of anilines is 1. The summed E-state index contributed by atoms with van der Waals surface area (Å²) in [6, 6.07) is 6.28. The van der Waals surface area contributed by atoms with E-state index < -0.39 is 0 Å². The summed E-state index contributed by atoms with van der Waals surface area (Å²) in [7, 11) is 1.99. The van der Waals surface area contributed by atoms with Gasteiger partial charge in [-0.15, -0.1) is 0 Å². The molecule has 1 aromatic heterocycles. The summed E-state index contributed by atoms with van der Waals surface area (Å²) in [5.74, 6) is 0. The van der Waals surface area contributed by atoms with Crippen molar-refractivity contribution in [3.8, 4) is 0 Å². The Morgan fingerprint density at radius 3 is 2.88 bits per heavy atom. The minimum atomic E-state index is 0.776. The maximum Gasteiger partial charge on any atom is 0.0946 e. The van der Waals surface area contributed by atoms with E-state index in [1.54, 1.807) is 6.33 Å². The number of rotatable bonds is 3. The summed E-state index contributed by atoms with van der Waals surface area (Å²) in [6.07, 6.45) is 3.68. The summed E-state index contributed by atoms with van der Waals surface area (Å²) in [4.78, 5) is 4.08. The van der Waals surface area contributed by atoms with Crippen LogP contribution in [0.3, 0.4) is 0 Å². The van der Waals surface area contributed by atoms with Crippen LogP contribution in [0.5, 0.6) is 0 Å². The van der Waals surface area contributed by atoms with E-state index in [-0.39, 0.29) is 0 Å². The largest absolute Gasteiger partial charge is 0.378 e. The lowest BCUT2D eigenvalue weighted by molar-refractivity contribution is 0.837. The van der Waals surface area contributed by atoms with E-state index in [9.17, 15) is 0 Å². The maximum absolute atomic E-state index is 4.08. The van der Waals surface area contributed by atoms with Crippen molar-refractivity contribution in [2.45, 2.75) is 13.5 Å². The van der Waals surface area contributed by atoms with Gasteiger partial charge in [-0.2, -0.15) is 0 Å². The molecular weight excluding hydrogens is 266 g/mol. The normalized spacial score (nSPS) is 10.4. The molecule has 4 heteroatoms. The lowest BCUT2D eigenvalue weighted by atomic mass is 10.2. The lowest BCUT2D eigenvalue weighted by Gasteiger charge is -2.09. The molecule has 1 aromatic carbocycles. The Labute approximate surface area is 104 Å². The van der Waals surface area contributed by atoms with Gasteiger partial charge in [-0.25, -0.2) is 4.98 Å². The van der Waals surface area contributed by atoms with Crippen LogP contribution in [0.1, 0.15) is 11.3 Å². The number of nitrogens with zero attached hydrogens (tertiary/aromatic N) is 2. The van der Waals surface area contributed by atoms with Crippen molar-refractivity contribution in [2.75, 3.05) is 5.32 Å². The summed E-state index contributed by atoms with van der Waals surface area (Å²) >= 11 is 3.54. The second-order valence-electron chi connectivity index (χ2n) is 3.83. The summed E-state index contributed by atoms with van der Waals surface area (Å²) in [5, 5.41) is 3.38. The van der Waals surface area contributed by atoms with Crippen molar-refractivity contribution in [1.29, 1.82) is 0 Å². The van der Waals surface area contributed by atoms with Crippen LogP contribution in [0.4, 0.5) is 5.69 Å². The van der Waals surface area contributed by atoms with Crippen LogP contribution >= 0.6 is 15.9 Å². The molecule has 0 atom stereocenters. The van der Waals surface area contributed by atoms with Gasteiger partial charge in [0, 0.05) is 23.4 Å². The monoisotopic (exact) mass is 279 g/mol. The molecular formula is C12H14BrN3. The van der Waals surface area contributed by atoms with E-state index in [0.717, 1.165) is 22.4 Å². The number of imidazole rings is 1. The zero-order valence-corrected chi connectivity index (χ0v) is 11.0. The third-order valence-corrected chi connectivity index (χ3v) is 3.16. The highest BCUT2D eigenvalue weighted by Crippen LogP contribution is 2.23. The fourth-order valence-corrected chi connectivity index (χ4v) is 2.14. The SMILES string of the molecule is Cc1ccc(NCc2cncn2C)c(Br)c1. The molecule has 0 saturated carbocycles. The topological polar surface area (TPSA) is 29.9 Å². The van der Waals surface area contributed by atoms with Crippen molar-refractivity contribution in [2.24, 2.45) is 7.05 Å².